The first-order chi connectivity index (χ1) is 10.5. The Morgan fingerprint density at radius 1 is 0.818 bits per heavy atom. The number of carbonyl (C=O) groups is 3. The second-order valence-corrected chi connectivity index (χ2v) is 4.63. The summed E-state index contributed by atoms with van der Waals surface area (Å²) in [6.07, 6.45) is 0. The molecule has 6 heteroatoms. The molecule has 0 aromatic heterocycles. The first-order valence-corrected chi connectivity index (χ1v) is 6.56. The average molecular weight is 297 g/mol. The lowest BCUT2D eigenvalue weighted by atomic mass is 10.1. The van der Waals surface area contributed by atoms with Crippen LogP contribution in [0.2, 0.25) is 0 Å². The number of nitrogens with two attached hydrogens (primary N) is 1. The van der Waals surface area contributed by atoms with Gasteiger partial charge in [-0.2, -0.15) is 0 Å². The van der Waals surface area contributed by atoms with Crippen LogP contribution in [0.15, 0.2) is 48.5 Å². The third-order valence-corrected chi connectivity index (χ3v) is 3.04. The molecule has 0 saturated carbocycles. The van der Waals surface area contributed by atoms with E-state index in [1.165, 1.54) is 12.1 Å². The van der Waals surface area contributed by atoms with Crippen LogP contribution in [0.4, 0.5) is 11.4 Å². The number of anilines is 2. The molecule has 6 nitrogen and oxygen atoms in total. The van der Waals surface area contributed by atoms with Gasteiger partial charge < -0.3 is 16.4 Å². The second-order valence-electron chi connectivity index (χ2n) is 4.63. The molecule has 0 spiro atoms. The molecule has 0 saturated heterocycles. The Morgan fingerprint density at radius 3 is 1.91 bits per heavy atom. The quantitative estimate of drug-likeness (QED) is 0.751. The molecule has 0 atom stereocenters. The Labute approximate surface area is 127 Å². The summed E-state index contributed by atoms with van der Waals surface area (Å²) in [5, 5.41) is 4.89. The molecule has 0 bridgehead atoms. The molecule has 2 aromatic carbocycles. The zero-order valence-corrected chi connectivity index (χ0v) is 11.9. The third-order valence-electron chi connectivity index (χ3n) is 3.04. The molecule has 0 aliphatic rings. The Morgan fingerprint density at radius 2 is 1.32 bits per heavy atom. The van der Waals surface area contributed by atoms with Gasteiger partial charge in [0, 0.05) is 5.69 Å². The minimum Gasteiger partial charge on any atom is -0.366 e. The summed E-state index contributed by atoms with van der Waals surface area (Å²) in [7, 11) is 0. The largest absolute Gasteiger partial charge is 0.366 e. The summed E-state index contributed by atoms with van der Waals surface area (Å²) >= 11 is 0. The third kappa shape index (κ3) is 3.49. The van der Waals surface area contributed by atoms with Gasteiger partial charge in [-0.15, -0.1) is 0 Å². The fourth-order valence-corrected chi connectivity index (χ4v) is 1.88. The Hall–Kier alpha value is -3.15. The van der Waals surface area contributed by atoms with E-state index in [9.17, 15) is 14.4 Å². The van der Waals surface area contributed by atoms with Gasteiger partial charge in [-0.05, 0) is 30.7 Å². The van der Waals surface area contributed by atoms with Crippen molar-refractivity contribution in [3.63, 3.8) is 0 Å². The van der Waals surface area contributed by atoms with Crippen molar-refractivity contribution in [2.45, 2.75) is 6.92 Å². The van der Waals surface area contributed by atoms with E-state index in [-0.39, 0.29) is 11.3 Å². The van der Waals surface area contributed by atoms with Crippen molar-refractivity contribution in [1.82, 2.24) is 0 Å². The highest BCUT2D eigenvalue weighted by molar-refractivity contribution is 6.44. The Balaban J connectivity index is 2.11. The van der Waals surface area contributed by atoms with Crippen LogP contribution < -0.4 is 16.4 Å². The molecule has 3 amide bonds. The topological polar surface area (TPSA) is 101 Å². The number of hydrogen-bond donors (Lipinski definition) is 3. The average Bonchev–Trinajstić information content (AvgIpc) is 2.49. The van der Waals surface area contributed by atoms with Crippen molar-refractivity contribution in [2.75, 3.05) is 10.6 Å². The van der Waals surface area contributed by atoms with E-state index in [1.54, 1.807) is 24.3 Å². The number of hydrogen-bond acceptors (Lipinski definition) is 3. The highest BCUT2D eigenvalue weighted by atomic mass is 16.2. The molecule has 0 aliphatic heterocycles. The van der Waals surface area contributed by atoms with Crippen LogP contribution in [-0.4, -0.2) is 17.7 Å². The van der Waals surface area contributed by atoms with Crippen molar-refractivity contribution in [2.24, 2.45) is 5.73 Å². The summed E-state index contributed by atoms with van der Waals surface area (Å²) in [5.41, 5.74) is 6.93. The van der Waals surface area contributed by atoms with Crippen molar-refractivity contribution in [1.29, 1.82) is 0 Å². The van der Waals surface area contributed by atoms with Crippen LogP contribution in [0.25, 0.3) is 0 Å². The van der Waals surface area contributed by atoms with E-state index in [0.717, 1.165) is 5.56 Å². The lowest BCUT2D eigenvalue weighted by Gasteiger charge is -2.10. The maximum absolute atomic E-state index is 11.9. The zero-order chi connectivity index (χ0) is 16.1. The van der Waals surface area contributed by atoms with Crippen LogP contribution in [0.1, 0.15) is 15.9 Å². The molecule has 0 radical (unpaired) electrons. The second kappa shape index (κ2) is 6.53. The molecule has 4 N–H and O–H groups in total. The number of primary amides is 1. The molecule has 112 valence electrons. The van der Waals surface area contributed by atoms with Gasteiger partial charge >= 0.3 is 11.8 Å². The Bertz CT molecular complexity index is 741. The molecule has 2 aromatic rings. The van der Waals surface area contributed by atoms with Gasteiger partial charge in [-0.25, -0.2) is 0 Å². The summed E-state index contributed by atoms with van der Waals surface area (Å²) in [5.74, 6) is -2.39. The number of nitrogens with one attached hydrogen (secondary N) is 2. The van der Waals surface area contributed by atoms with E-state index in [4.69, 9.17) is 5.73 Å². The van der Waals surface area contributed by atoms with Crippen molar-refractivity contribution in [3.8, 4) is 0 Å². The predicted octanol–water partition coefficient (Wildman–Crippen LogP) is 1.67. The SMILES string of the molecule is Cc1ccccc1NC(=O)C(=O)Nc1ccccc1C(N)=O. The predicted molar refractivity (Wildman–Crippen MR) is 83.4 cm³/mol. The number of rotatable bonds is 3. The highest BCUT2D eigenvalue weighted by Crippen LogP contribution is 2.15. The van der Waals surface area contributed by atoms with Crippen molar-refractivity contribution < 1.29 is 14.4 Å². The molecular weight excluding hydrogens is 282 g/mol. The van der Waals surface area contributed by atoms with Crippen molar-refractivity contribution >= 4 is 29.1 Å². The lowest BCUT2D eigenvalue weighted by Crippen LogP contribution is -2.30. The van der Waals surface area contributed by atoms with E-state index in [2.05, 4.69) is 10.6 Å². The molecule has 0 fully saturated rings. The molecule has 22 heavy (non-hydrogen) atoms. The maximum atomic E-state index is 11.9. The summed E-state index contributed by atoms with van der Waals surface area (Å²) in [6, 6.07) is 13.3. The van der Waals surface area contributed by atoms with Gasteiger partial charge in [0.25, 0.3) is 5.91 Å². The van der Waals surface area contributed by atoms with Gasteiger partial charge in [-0.3, -0.25) is 14.4 Å². The van der Waals surface area contributed by atoms with Crippen LogP contribution >= 0.6 is 0 Å². The van der Waals surface area contributed by atoms with Gasteiger partial charge in [0.15, 0.2) is 0 Å². The molecule has 2 rings (SSSR count). The summed E-state index contributed by atoms with van der Waals surface area (Å²) in [4.78, 5) is 35.1. The zero-order valence-electron chi connectivity index (χ0n) is 11.9. The molecule has 0 unspecified atom stereocenters. The van der Waals surface area contributed by atoms with Gasteiger partial charge in [-0.1, -0.05) is 30.3 Å². The smallest absolute Gasteiger partial charge is 0.314 e. The number of amides is 3. The minimum absolute atomic E-state index is 0.138. The highest BCUT2D eigenvalue weighted by Gasteiger charge is 2.17. The van der Waals surface area contributed by atoms with Gasteiger partial charge in [0.2, 0.25) is 0 Å². The first kappa shape index (κ1) is 15.2. The van der Waals surface area contributed by atoms with Crippen LogP contribution in [-0.2, 0) is 9.59 Å². The number of aryl methyl sites for hydroxylation is 1. The number of carbonyl (C=O) groups excluding carboxylic acids is 3. The van der Waals surface area contributed by atoms with E-state index in [1.807, 2.05) is 19.1 Å². The fraction of sp³-hybridized carbons (Fsp3) is 0.0625. The molecule has 0 aliphatic carbocycles. The number of para-hydroxylation sites is 2. The summed E-state index contributed by atoms with van der Waals surface area (Å²) < 4.78 is 0. The van der Waals surface area contributed by atoms with Gasteiger partial charge in [0.1, 0.15) is 0 Å². The normalized spacial score (nSPS) is 9.86. The standard InChI is InChI=1S/C16H15N3O3/c1-10-6-2-4-8-12(10)18-15(21)16(22)19-13-9-5-3-7-11(13)14(17)20/h2-9H,1H3,(H2,17,20)(H,18,21)(H,19,22). The molecule has 0 heterocycles. The Kier molecular flexibility index (Phi) is 4.53. The lowest BCUT2D eigenvalue weighted by molar-refractivity contribution is -0.133. The maximum Gasteiger partial charge on any atom is 0.314 e. The van der Waals surface area contributed by atoms with Crippen LogP contribution in [0, 0.1) is 6.92 Å². The fourth-order valence-electron chi connectivity index (χ4n) is 1.88. The van der Waals surface area contributed by atoms with Crippen LogP contribution in [0.5, 0.6) is 0 Å². The van der Waals surface area contributed by atoms with Gasteiger partial charge in [0.05, 0.1) is 11.3 Å². The van der Waals surface area contributed by atoms with E-state index in [0.29, 0.717) is 5.69 Å². The molecular formula is C16H15N3O3. The first-order valence-electron chi connectivity index (χ1n) is 6.56. The number of benzene rings is 2. The van der Waals surface area contributed by atoms with Crippen molar-refractivity contribution in [3.05, 3.63) is 59.7 Å². The monoisotopic (exact) mass is 297 g/mol. The minimum atomic E-state index is -0.878. The van der Waals surface area contributed by atoms with Crippen LogP contribution in [0.3, 0.4) is 0 Å². The van der Waals surface area contributed by atoms with E-state index >= 15 is 0 Å². The van der Waals surface area contributed by atoms with E-state index < -0.39 is 17.7 Å². The summed E-state index contributed by atoms with van der Waals surface area (Å²) in [6.45, 7) is 1.82.